The van der Waals surface area contributed by atoms with Gasteiger partial charge in [-0.3, -0.25) is 9.59 Å². The van der Waals surface area contributed by atoms with Gasteiger partial charge in [-0.15, -0.1) is 10.2 Å². The Morgan fingerprint density at radius 2 is 2.00 bits per heavy atom. The van der Waals surface area contributed by atoms with E-state index in [0.717, 1.165) is 16.2 Å². The average Bonchev–Trinajstić information content (AvgIpc) is 2.43. The monoisotopic (exact) mass is 352 g/mol. The summed E-state index contributed by atoms with van der Waals surface area (Å²) in [5.74, 6) is -0.656. The van der Waals surface area contributed by atoms with Crippen LogP contribution in [0.2, 0.25) is 0 Å². The smallest absolute Gasteiger partial charge is 0.299 e. The Morgan fingerprint density at radius 3 is 2.65 bits per heavy atom. The van der Waals surface area contributed by atoms with Gasteiger partial charge in [-0.2, -0.15) is 4.99 Å². The van der Waals surface area contributed by atoms with Crippen molar-refractivity contribution in [3.63, 3.8) is 0 Å². The third-order valence-corrected chi connectivity index (χ3v) is 3.53. The summed E-state index contributed by atoms with van der Waals surface area (Å²) in [7, 11) is 0. The largest absolute Gasteiger partial charge is 0.325 e. The summed E-state index contributed by atoms with van der Waals surface area (Å²) in [5.41, 5.74) is 0.684. The molecule has 0 spiro atoms. The first-order valence-corrected chi connectivity index (χ1v) is 7.24. The van der Waals surface area contributed by atoms with E-state index in [4.69, 9.17) is 0 Å². The number of hydrogen-bond donors (Lipinski definition) is 1. The van der Waals surface area contributed by atoms with Crippen molar-refractivity contribution in [3.8, 4) is 0 Å². The molecular formula is C12H9BrN4O2S. The first-order valence-electron chi connectivity index (χ1n) is 5.46. The quantitative estimate of drug-likeness (QED) is 0.848. The molecule has 0 saturated heterocycles. The number of thioether (sulfide) groups is 1. The molecule has 1 heterocycles. The summed E-state index contributed by atoms with van der Waals surface area (Å²) < 4.78 is 0.931. The molecule has 2 rings (SSSR count). The van der Waals surface area contributed by atoms with Crippen LogP contribution in [0.3, 0.4) is 0 Å². The highest BCUT2D eigenvalue weighted by Gasteiger charge is 2.14. The second kappa shape index (κ2) is 6.58. The molecule has 20 heavy (non-hydrogen) atoms. The summed E-state index contributed by atoms with van der Waals surface area (Å²) in [5, 5.41) is 10.1. The minimum Gasteiger partial charge on any atom is -0.325 e. The molecule has 1 aliphatic rings. The van der Waals surface area contributed by atoms with E-state index in [1.807, 2.05) is 12.1 Å². The highest BCUT2D eigenvalue weighted by molar-refractivity contribution is 9.10. The summed E-state index contributed by atoms with van der Waals surface area (Å²) in [6.45, 7) is 3.38. The van der Waals surface area contributed by atoms with E-state index in [2.05, 4.69) is 43.0 Å². The van der Waals surface area contributed by atoms with E-state index in [0.29, 0.717) is 5.69 Å². The minimum atomic E-state index is -0.532. The van der Waals surface area contributed by atoms with Crippen LogP contribution < -0.4 is 5.32 Å². The Hall–Kier alpha value is -1.80. The number of carbonyl (C=O) groups excluding carboxylic acids is 2. The second-order valence-corrected chi connectivity index (χ2v) is 5.55. The molecule has 0 aromatic heterocycles. The van der Waals surface area contributed by atoms with Crippen molar-refractivity contribution in [1.82, 2.24) is 0 Å². The molecule has 6 nitrogen and oxygen atoms in total. The van der Waals surface area contributed by atoms with Gasteiger partial charge in [0.1, 0.15) is 5.70 Å². The lowest BCUT2D eigenvalue weighted by molar-refractivity contribution is -0.115. The highest BCUT2D eigenvalue weighted by atomic mass is 79.9. The van der Waals surface area contributed by atoms with Crippen molar-refractivity contribution in [1.29, 1.82) is 0 Å². The molecule has 0 radical (unpaired) electrons. The van der Waals surface area contributed by atoms with Crippen molar-refractivity contribution in [2.75, 3.05) is 11.1 Å². The normalized spacial score (nSPS) is 14.2. The lowest BCUT2D eigenvalue weighted by Crippen LogP contribution is -2.15. The van der Waals surface area contributed by atoms with E-state index in [1.165, 1.54) is 0 Å². The standard InChI is InChI=1S/C12H9BrN4O2S/c1-7-11(19)15-12(17-16-7)20-6-10(18)14-9-4-2-8(13)3-5-9/h2-5H,1,6H2,(H,14,18). The van der Waals surface area contributed by atoms with Gasteiger partial charge >= 0.3 is 0 Å². The molecule has 0 fully saturated rings. The molecule has 8 heteroatoms. The van der Waals surface area contributed by atoms with E-state index in [9.17, 15) is 9.59 Å². The van der Waals surface area contributed by atoms with E-state index in [-0.39, 0.29) is 22.5 Å². The fraction of sp³-hybridized carbons (Fsp3) is 0.0833. The molecule has 0 unspecified atom stereocenters. The van der Waals surface area contributed by atoms with Crippen molar-refractivity contribution < 1.29 is 9.59 Å². The van der Waals surface area contributed by atoms with Crippen molar-refractivity contribution in [3.05, 3.63) is 41.0 Å². The zero-order chi connectivity index (χ0) is 14.5. The number of azo groups is 1. The Morgan fingerprint density at radius 1 is 1.30 bits per heavy atom. The van der Waals surface area contributed by atoms with Crippen LogP contribution in [0.1, 0.15) is 0 Å². The molecular weight excluding hydrogens is 344 g/mol. The predicted octanol–water partition coefficient (Wildman–Crippen LogP) is 2.98. The van der Waals surface area contributed by atoms with Crippen molar-refractivity contribution in [2.45, 2.75) is 0 Å². The Kier molecular flexibility index (Phi) is 4.80. The lowest BCUT2D eigenvalue weighted by Gasteiger charge is -2.06. The molecule has 1 aliphatic heterocycles. The summed E-state index contributed by atoms with van der Waals surface area (Å²) in [4.78, 5) is 26.6. The number of anilines is 1. The topological polar surface area (TPSA) is 83.2 Å². The van der Waals surface area contributed by atoms with Crippen LogP contribution in [0, 0.1) is 0 Å². The minimum absolute atomic E-state index is 0.00587. The second-order valence-electron chi connectivity index (χ2n) is 3.69. The van der Waals surface area contributed by atoms with Crippen LogP contribution in [0.25, 0.3) is 0 Å². The van der Waals surface area contributed by atoms with Gasteiger partial charge in [0.2, 0.25) is 11.1 Å². The average molecular weight is 353 g/mol. The molecule has 102 valence electrons. The van der Waals surface area contributed by atoms with Gasteiger partial charge < -0.3 is 5.32 Å². The molecule has 1 aromatic rings. The number of benzene rings is 1. The fourth-order valence-electron chi connectivity index (χ4n) is 1.24. The molecule has 1 aromatic carbocycles. The van der Waals surface area contributed by atoms with Gasteiger partial charge in [0.25, 0.3) is 5.91 Å². The zero-order valence-electron chi connectivity index (χ0n) is 10.2. The van der Waals surface area contributed by atoms with Crippen LogP contribution in [0.4, 0.5) is 5.69 Å². The van der Waals surface area contributed by atoms with Gasteiger partial charge in [-0.1, -0.05) is 34.3 Å². The molecule has 2 amide bonds. The Labute approximate surface area is 127 Å². The van der Waals surface area contributed by atoms with Gasteiger partial charge in [0.15, 0.2) is 0 Å². The van der Waals surface area contributed by atoms with Gasteiger partial charge in [-0.25, -0.2) is 0 Å². The maximum absolute atomic E-state index is 11.7. The number of hydrogen-bond acceptors (Lipinski definition) is 5. The predicted molar refractivity (Wildman–Crippen MR) is 81.7 cm³/mol. The number of amidine groups is 1. The number of nitrogens with one attached hydrogen (secondary N) is 1. The molecule has 0 saturated carbocycles. The first-order chi connectivity index (χ1) is 9.54. The van der Waals surface area contributed by atoms with E-state index >= 15 is 0 Å². The van der Waals surface area contributed by atoms with Crippen LogP contribution >= 0.6 is 27.7 Å². The number of carbonyl (C=O) groups is 2. The maximum atomic E-state index is 11.7. The fourth-order valence-corrected chi connectivity index (χ4v) is 2.08. The zero-order valence-corrected chi connectivity index (χ0v) is 12.6. The Bertz CT molecular complexity index is 625. The number of aliphatic imine (C=N–C) groups is 1. The van der Waals surface area contributed by atoms with Gasteiger partial charge in [0.05, 0.1) is 5.75 Å². The van der Waals surface area contributed by atoms with Crippen LogP contribution in [-0.4, -0.2) is 22.7 Å². The van der Waals surface area contributed by atoms with Gasteiger partial charge in [-0.05, 0) is 24.3 Å². The van der Waals surface area contributed by atoms with Crippen LogP contribution in [0.5, 0.6) is 0 Å². The molecule has 1 N–H and O–H groups in total. The van der Waals surface area contributed by atoms with Crippen molar-refractivity contribution >= 4 is 50.4 Å². The molecule has 0 aliphatic carbocycles. The SMILES string of the molecule is C=C1N=NC(SCC(=O)Nc2ccc(Br)cc2)=NC1=O. The summed E-state index contributed by atoms with van der Waals surface area (Å²) >= 11 is 4.35. The highest BCUT2D eigenvalue weighted by Crippen LogP contribution is 2.16. The third-order valence-electron chi connectivity index (χ3n) is 2.16. The Balaban J connectivity index is 1.85. The number of nitrogens with zero attached hydrogens (tertiary/aromatic N) is 3. The van der Waals surface area contributed by atoms with E-state index in [1.54, 1.807) is 12.1 Å². The van der Waals surface area contributed by atoms with Crippen molar-refractivity contribution in [2.24, 2.45) is 15.2 Å². The molecule has 0 bridgehead atoms. The summed E-state index contributed by atoms with van der Waals surface area (Å²) in [6.07, 6.45) is 0. The number of rotatable bonds is 3. The van der Waals surface area contributed by atoms with E-state index < -0.39 is 5.91 Å². The first kappa shape index (κ1) is 14.6. The number of halogens is 1. The van der Waals surface area contributed by atoms with Crippen LogP contribution in [-0.2, 0) is 9.59 Å². The van der Waals surface area contributed by atoms with Gasteiger partial charge in [0, 0.05) is 10.2 Å². The number of amides is 2. The van der Waals surface area contributed by atoms with Crippen LogP contribution in [0.15, 0.2) is 56.2 Å². The third kappa shape index (κ3) is 4.10. The lowest BCUT2D eigenvalue weighted by atomic mass is 10.3. The summed E-state index contributed by atoms with van der Waals surface area (Å²) in [6, 6.07) is 7.20. The molecule has 0 atom stereocenters. The maximum Gasteiger partial charge on any atom is 0.299 e.